The number of hydrogen-bond donors (Lipinski definition) is 0. The molecule has 1 aromatic carbocycles. The van der Waals surface area contributed by atoms with Gasteiger partial charge >= 0.3 is 0 Å². The van der Waals surface area contributed by atoms with Gasteiger partial charge in [0.15, 0.2) is 0 Å². The van der Waals surface area contributed by atoms with Gasteiger partial charge in [0, 0.05) is 33.6 Å². The molecule has 1 atom stereocenters. The third-order valence-corrected chi connectivity index (χ3v) is 3.91. The van der Waals surface area contributed by atoms with Gasteiger partial charge in [0.2, 0.25) is 0 Å². The summed E-state index contributed by atoms with van der Waals surface area (Å²) in [5, 5.41) is 12.5. The number of benzene rings is 1. The van der Waals surface area contributed by atoms with Gasteiger partial charge < -0.3 is 0 Å². The number of nitro benzene ring substituents is 1. The highest BCUT2D eigenvalue weighted by molar-refractivity contribution is 7.88. The van der Waals surface area contributed by atoms with E-state index in [0.717, 1.165) is 0 Å². The van der Waals surface area contributed by atoms with Crippen molar-refractivity contribution in [2.45, 2.75) is 6.92 Å². The summed E-state index contributed by atoms with van der Waals surface area (Å²) in [7, 11) is -1.33. The zero-order chi connectivity index (χ0) is 16.2. The molecule has 0 saturated carbocycles. The van der Waals surface area contributed by atoms with Crippen molar-refractivity contribution < 1.29 is 9.13 Å². The van der Waals surface area contributed by atoms with Crippen LogP contribution in [0.3, 0.4) is 0 Å². The molecule has 4 nitrogen and oxygen atoms in total. The van der Waals surface area contributed by atoms with Crippen molar-refractivity contribution in [1.29, 1.82) is 0 Å². The number of hydrogen-bond acceptors (Lipinski definition) is 3. The third-order valence-electron chi connectivity index (χ3n) is 3.00. The van der Waals surface area contributed by atoms with Crippen molar-refractivity contribution in [2.24, 2.45) is 0 Å². The predicted octanol–water partition coefficient (Wildman–Crippen LogP) is 2.27. The Kier molecular flexibility index (Phi) is 5.55. The van der Waals surface area contributed by atoms with Gasteiger partial charge in [0.1, 0.15) is 0 Å². The Morgan fingerprint density at radius 1 is 1.43 bits per heavy atom. The van der Waals surface area contributed by atoms with Crippen LogP contribution in [0.15, 0.2) is 42.3 Å². The number of nitro groups is 1. The highest BCUT2D eigenvalue weighted by atomic mass is 32.2. The van der Waals surface area contributed by atoms with Gasteiger partial charge in [0.25, 0.3) is 5.69 Å². The summed E-state index contributed by atoms with van der Waals surface area (Å²) < 4.78 is 11.7. The Labute approximate surface area is 126 Å². The van der Waals surface area contributed by atoms with E-state index in [-0.39, 0.29) is 5.69 Å². The Morgan fingerprint density at radius 2 is 2.05 bits per heavy atom. The van der Waals surface area contributed by atoms with Gasteiger partial charge in [-0.1, -0.05) is 38.0 Å². The molecule has 0 spiro atoms. The van der Waals surface area contributed by atoms with E-state index in [1.165, 1.54) is 18.4 Å². The van der Waals surface area contributed by atoms with E-state index in [4.69, 9.17) is 0 Å². The minimum Gasteiger partial charge on any atom is -0.258 e. The van der Waals surface area contributed by atoms with E-state index in [1.807, 2.05) is 0 Å². The SMILES string of the molecule is C=C/C=c1/c(/C(=C/C)C(=C)S(C)=O)c([N+](=O)[O-])ccc1=C. The first-order chi connectivity index (χ1) is 9.84. The molecule has 1 aromatic rings. The predicted molar refractivity (Wildman–Crippen MR) is 89.4 cm³/mol. The summed E-state index contributed by atoms with van der Waals surface area (Å²) in [5.41, 5.74) is 0.784. The van der Waals surface area contributed by atoms with E-state index >= 15 is 0 Å². The van der Waals surface area contributed by atoms with E-state index in [1.54, 1.807) is 25.1 Å². The molecule has 21 heavy (non-hydrogen) atoms. The number of rotatable bonds is 5. The van der Waals surface area contributed by atoms with Crippen LogP contribution in [-0.2, 0) is 10.8 Å². The lowest BCUT2D eigenvalue weighted by Gasteiger charge is -2.10. The molecular formula is C16H17NO3S. The molecule has 0 heterocycles. The zero-order valence-corrected chi connectivity index (χ0v) is 12.9. The van der Waals surface area contributed by atoms with Gasteiger partial charge in [-0.3, -0.25) is 14.3 Å². The minimum absolute atomic E-state index is 0.0739. The fourth-order valence-electron chi connectivity index (χ4n) is 1.99. The van der Waals surface area contributed by atoms with Crippen LogP contribution in [0.5, 0.6) is 0 Å². The first-order valence-corrected chi connectivity index (χ1v) is 7.69. The maximum atomic E-state index is 11.7. The Bertz CT molecular complexity index is 775. The molecule has 0 aliphatic carbocycles. The van der Waals surface area contributed by atoms with Crippen LogP contribution >= 0.6 is 0 Å². The number of nitrogens with zero attached hydrogens (tertiary/aromatic N) is 1. The lowest BCUT2D eigenvalue weighted by atomic mass is 9.99. The molecule has 1 rings (SSSR count). The monoisotopic (exact) mass is 303 g/mol. The van der Waals surface area contributed by atoms with Crippen molar-refractivity contribution in [3.63, 3.8) is 0 Å². The summed E-state index contributed by atoms with van der Waals surface area (Å²) >= 11 is 0. The molecule has 0 aromatic heterocycles. The summed E-state index contributed by atoms with van der Waals surface area (Å²) in [4.78, 5) is 11.2. The van der Waals surface area contributed by atoms with Crippen molar-refractivity contribution in [3.8, 4) is 0 Å². The van der Waals surface area contributed by atoms with Crippen LogP contribution in [0, 0.1) is 10.1 Å². The van der Waals surface area contributed by atoms with Gasteiger partial charge in [-0.15, -0.1) is 0 Å². The Balaban J connectivity index is 3.94. The topological polar surface area (TPSA) is 60.2 Å². The molecule has 0 bridgehead atoms. The maximum Gasteiger partial charge on any atom is 0.277 e. The van der Waals surface area contributed by atoms with Crippen LogP contribution < -0.4 is 10.4 Å². The average Bonchev–Trinajstić information content (AvgIpc) is 2.42. The molecule has 110 valence electrons. The maximum absolute atomic E-state index is 11.7. The summed E-state index contributed by atoms with van der Waals surface area (Å²) in [6, 6.07) is 2.98. The fraction of sp³-hybridized carbons (Fsp3) is 0.125. The second-order valence-electron chi connectivity index (χ2n) is 4.27. The van der Waals surface area contributed by atoms with Crippen molar-refractivity contribution >= 4 is 34.7 Å². The van der Waals surface area contributed by atoms with Crippen LogP contribution in [-0.4, -0.2) is 15.4 Å². The number of allylic oxidation sites excluding steroid dienone is 3. The van der Waals surface area contributed by atoms with Crippen molar-refractivity contribution in [1.82, 2.24) is 0 Å². The van der Waals surface area contributed by atoms with Crippen LogP contribution in [0.4, 0.5) is 5.69 Å². The first-order valence-electron chi connectivity index (χ1n) is 6.13. The van der Waals surface area contributed by atoms with E-state index in [0.29, 0.717) is 26.5 Å². The molecule has 0 radical (unpaired) electrons. The van der Waals surface area contributed by atoms with Gasteiger partial charge in [0.05, 0.1) is 10.5 Å². The molecule has 1 unspecified atom stereocenters. The normalized spacial score (nSPS) is 13.8. The van der Waals surface area contributed by atoms with Gasteiger partial charge in [-0.05, 0) is 23.4 Å². The first kappa shape index (κ1) is 16.8. The molecule has 5 heteroatoms. The second-order valence-corrected chi connectivity index (χ2v) is 5.67. The van der Waals surface area contributed by atoms with E-state index in [2.05, 4.69) is 19.7 Å². The second kappa shape index (κ2) is 6.95. The quantitative estimate of drug-likeness (QED) is 0.476. The fourth-order valence-corrected chi connectivity index (χ4v) is 2.52. The molecule has 0 fully saturated rings. The zero-order valence-electron chi connectivity index (χ0n) is 12.1. The highest BCUT2D eigenvalue weighted by Gasteiger charge is 2.21. The van der Waals surface area contributed by atoms with Crippen LogP contribution in [0.2, 0.25) is 0 Å². The highest BCUT2D eigenvalue weighted by Crippen LogP contribution is 2.28. The molecule has 0 saturated heterocycles. The summed E-state index contributed by atoms with van der Waals surface area (Å²) in [6.45, 7) is 13.0. The lowest BCUT2D eigenvalue weighted by molar-refractivity contribution is -0.385. The molecule has 0 amide bonds. The minimum atomic E-state index is -1.33. The summed E-state index contributed by atoms with van der Waals surface area (Å²) in [6.07, 6.45) is 6.35. The van der Waals surface area contributed by atoms with E-state index in [9.17, 15) is 14.3 Å². The van der Waals surface area contributed by atoms with Gasteiger partial charge in [-0.25, -0.2) is 0 Å². The standard InChI is InChI=1S/C16H17NO3S/c1-6-8-14-11(3)9-10-15(17(18)19)16(14)13(7-2)12(4)21(5)20/h6-10H,1,3-4H2,2,5H3/b13-7+,14-8+. The molecule has 0 aliphatic rings. The molecule has 0 N–H and O–H groups in total. The van der Waals surface area contributed by atoms with Crippen LogP contribution in [0.1, 0.15) is 12.5 Å². The van der Waals surface area contributed by atoms with Crippen molar-refractivity contribution in [2.75, 3.05) is 6.26 Å². The van der Waals surface area contributed by atoms with E-state index < -0.39 is 15.7 Å². The summed E-state index contributed by atoms with van der Waals surface area (Å²) in [5.74, 6) is 0. The smallest absolute Gasteiger partial charge is 0.258 e. The van der Waals surface area contributed by atoms with Gasteiger partial charge in [-0.2, -0.15) is 0 Å². The van der Waals surface area contributed by atoms with Crippen LogP contribution in [0.25, 0.3) is 18.2 Å². The largest absolute Gasteiger partial charge is 0.277 e. The average molecular weight is 303 g/mol. The third kappa shape index (κ3) is 3.44. The molecular weight excluding hydrogens is 286 g/mol. The Hall–Kier alpha value is -2.27. The van der Waals surface area contributed by atoms with Crippen molar-refractivity contribution in [3.05, 3.63) is 68.5 Å². The lowest BCUT2D eigenvalue weighted by Crippen LogP contribution is -2.28. The Morgan fingerprint density at radius 3 is 2.48 bits per heavy atom. The molecule has 0 aliphatic heterocycles.